The quantitative estimate of drug-likeness (QED) is 0.726. The lowest BCUT2D eigenvalue weighted by Crippen LogP contribution is -2.49. The van der Waals surface area contributed by atoms with Gasteiger partial charge in [-0.15, -0.1) is 0 Å². The SMILES string of the molecule is CC(C)(C)N(C[C@H]1OC(=O)N(c2ccc(Cl)cc2)[C@H]1c1cccc(F)c1)C(=O)O. The highest BCUT2D eigenvalue weighted by Crippen LogP contribution is 2.39. The Labute approximate surface area is 173 Å². The Balaban J connectivity index is 2.04. The molecule has 0 radical (unpaired) electrons. The lowest BCUT2D eigenvalue weighted by Gasteiger charge is -2.36. The first kappa shape index (κ1) is 20.9. The third-order valence-corrected chi connectivity index (χ3v) is 5.03. The first-order valence-corrected chi connectivity index (χ1v) is 9.47. The van der Waals surface area contributed by atoms with E-state index in [0.29, 0.717) is 16.3 Å². The number of carboxylic acid groups (broad SMARTS) is 1. The highest BCUT2D eigenvalue weighted by molar-refractivity contribution is 6.30. The largest absolute Gasteiger partial charge is 0.465 e. The van der Waals surface area contributed by atoms with Crippen LogP contribution in [0.5, 0.6) is 0 Å². The predicted octanol–water partition coefficient (Wildman–Crippen LogP) is 5.32. The first-order chi connectivity index (χ1) is 13.6. The number of amides is 2. The summed E-state index contributed by atoms with van der Waals surface area (Å²) in [6.07, 6.45) is -2.59. The average Bonchev–Trinajstić information content (AvgIpc) is 2.95. The monoisotopic (exact) mass is 420 g/mol. The van der Waals surface area contributed by atoms with Crippen molar-refractivity contribution in [1.82, 2.24) is 4.90 Å². The molecule has 0 spiro atoms. The zero-order valence-electron chi connectivity index (χ0n) is 16.3. The second-order valence-corrected chi connectivity index (χ2v) is 8.27. The van der Waals surface area contributed by atoms with Crippen LogP contribution in [0.4, 0.5) is 19.7 Å². The summed E-state index contributed by atoms with van der Waals surface area (Å²) in [5.74, 6) is -0.456. The first-order valence-electron chi connectivity index (χ1n) is 9.09. The van der Waals surface area contributed by atoms with Crippen molar-refractivity contribution in [3.8, 4) is 0 Å². The Morgan fingerprint density at radius 3 is 2.45 bits per heavy atom. The third-order valence-electron chi connectivity index (χ3n) is 4.78. The normalized spacial score (nSPS) is 19.2. The van der Waals surface area contributed by atoms with E-state index in [4.69, 9.17) is 16.3 Å². The molecule has 0 bridgehead atoms. The highest BCUT2D eigenvalue weighted by atomic mass is 35.5. The van der Waals surface area contributed by atoms with E-state index in [1.54, 1.807) is 57.2 Å². The number of hydrogen-bond acceptors (Lipinski definition) is 3. The summed E-state index contributed by atoms with van der Waals surface area (Å²) in [7, 11) is 0. The van der Waals surface area contributed by atoms with E-state index in [1.165, 1.54) is 21.9 Å². The molecule has 0 aromatic heterocycles. The van der Waals surface area contributed by atoms with Gasteiger partial charge in [0.1, 0.15) is 18.0 Å². The number of nitrogens with zero attached hydrogens (tertiary/aromatic N) is 2. The van der Waals surface area contributed by atoms with E-state index in [9.17, 15) is 19.1 Å². The van der Waals surface area contributed by atoms with Crippen molar-refractivity contribution < 1.29 is 23.8 Å². The molecule has 1 saturated heterocycles. The van der Waals surface area contributed by atoms with Gasteiger partial charge in [0.2, 0.25) is 0 Å². The average molecular weight is 421 g/mol. The van der Waals surface area contributed by atoms with Crippen LogP contribution >= 0.6 is 11.6 Å². The van der Waals surface area contributed by atoms with E-state index >= 15 is 0 Å². The van der Waals surface area contributed by atoms with Crippen molar-refractivity contribution in [3.63, 3.8) is 0 Å². The molecule has 1 N–H and O–H groups in total. The van der Waals surface area contributed by atoms with Crippen molar-refractivity contribution in [2.24, 2.45) is 0 Å². The van der Waals surface area contributed by atoms with Crippen LogP contribution in [0.2, 0.25) is 5.02 Å². The van der Waals surface area contributed by atoms with E-state index < -0.39 is 35.7 Å². The Hall–Kier alpha value is -2.80. The number of halogens is 2. The van der Waals surface area contributed by atoms with Crippen molar-refractivity contribution >= 4 is 29.5 Å². The molecular formula is C21H22ClFN2O4. The summed E-state index contributed by atoms with van der Waals surface area (Å²) in [4.78, 5) is 27.2. The molecule has 8 heteroatoms. The summed E-state index contributed by atoms with van der Waals surface area (Å²) in [5, 5.41) is 10.2. The summed E-state index contributed by atoms with van der Waals surface area (Å²) in [6.45, 7) is 5.21. The molecule has 0 aliphatic carbocycles. The van der Waals surface area contributed by atoms with Gasteiger partial charge in [-0.05, 0) is 62.7 Å². The zero-order chi connectivity index (χ0) is 21.3. The lowest BCUT2D eigenvalue weighted by molar-refractivity contribution is 0.0529. The van der Waals surface area contributed by atoms with Crippen LogP contribution < -0.4 is 4.90 Å². The smallest absolute Gasteiger partial charge is 0.415 e. The van der Waals surface area contributed by atoms with Crippen molar-refractivity contribution in [3.05, 3.63) is 64.9 Å². The topological polar surface area (TPSA) is 70.1 Å². The van der Waals surface area contributed by atoms with Crippen molar-refractivity contribution in [1.29, 1.82) is 0 Å². The summed E-state index contributed by atoms with van der Waals surface area (Å²) in [5.41, 5.74) is 0.321. The molecule has 1 fully saturated rings. The Kier molecular flexibility index (Phi) is 5.71. The van der Waals surface area contributed by atoms with Gasteiger partial charge in [0.05, 0.1) is 6.54 Å². The Bertz CT molecular complexity index is 914. The molecule has 2 amide bonds. The molecule has 1 aliphatic heterocycles. The Morgan fingerprint density at radius 2 is 1.90 bits per heavy atom. The van der Waals surface area contributed by atoms with Gasteiger partial charge in [0.15, 0.2) is 0 Å². The van der Waals surface area contributed by atoms with E-state index in [0.717, 1.165) is 0 Å². The number of cyclic esters (lactones) is 1. The molecule has 154 valence electrons. The number of rotatable bonds is 4. The molecular weight excluding hydrogens is 399 g/mol. The van der Waals surface area contributed by atoms with Gasteiger partial charge in [-0.3, -0.25) is 9.80 Å². The van der Waals surface area contributed by atoms with Crippen LogP contribution in [0.3, 0.4) is 0 Å². The van der Waals surface area contributed by atoms with Crippen LogP contribution in [-0.4, -0.2) is 40.4 Å². The van der Waals surface area contributed by atoms with Crippen LogP contribution in [0, 0.1) is 5.82 Å². The molecule has 6 nitrogen and oxygen atoms in total. The molecule has 0 unspecified atom stereocenters. The highest BCUT2D eigenvalue weighted by Gasteiger charge is 2.46. The minimum Gasteiger partial charge on any atom is -0.465 e. The standard InChI is InChI=1S/C21H22ClFN2O4/c1-21(2,3)24(19(26)27)12-17-18(13-5-4-6-15(23)11-13)25(20(28)29-17)16-9-7-14(22)8-10-16/h4-11,17-18H,12H2,1-3H3,(H,26,27)/t17-,18+/m1/s1. The minimum atomic E-state index is -1.13. The van der Waals surface area contributed by atoms with Crippen LogP contribution in [0.25, 0.3) is 0 Å². The third kappa shape index (κ3) is 4.45. The van der Waals surface area contributed by atoms with Gasteiger partial charge in [-0.1, -0.05) is 23.7 Å². The van der Waals surface area contributed by atoms with Crippen LogP contribution in [0.15, 0.2) is 48.5 Å². The molecule has 1 heterocycles. The number of ether oxygens (including phenoxy) is 1. The number of carbonyl (C=O) groups is 2. The van der Waals surface area contributed by atoms with Crippen molar-refractivity contribution in [2.45, 2.75) is 38.5 Å². The molecule has 2 aromatic rings. The fourth-order valence-electron chi connectivity index (χ4n) is 3.41. The predicted molar refractivity (Wildman–Crippen MR) is 108 cm³/mol. The maximum Gasteiger partial charge on any atom is 0.415 e. The van der Waals surface area contributed by atoms with E-state index in [2.05, 4.69) is 0 Å². The number of anilines is 1. The Morgan fingerprint density at radius 1 is 1.24 bits per heavy atom. The summed E-state index contributed by atoms with van der Waals surface area (Å²) < 4.78 is 19.5. The number of carbonyl (C=O) groups excluding carboxylic acids is 1. The maximum atomic E-state index is 13.9. The van der Waals surface area contributed by atoms with E-state index in [-0.39, 0.29) is 6.54 Å². The van der Waals surface area contributed by atoms with E-state index in [1.807, 2.05) is 0 Å². The summed E-state index contributed by atoms with van der Waals surface area (Å²) in [6, 6.07) is 11.8. The van der Waals surface area contributed by atoms with Crippen LogP contribution in [0.1, 0.15) is 32.4 Å². The number of hydrogen-bond donors (Lipinski definition) is 1. The fourth-order valence-corrected chi connectivity index (χ4v) is 3.53. The maximum absolute atomic E-state index is 13.9. The fraction of sp³-hybridized carbons (Fsp3) is 0.333. The van der Waals surface area contributed by atoms with Crippen molar-refractivity contribution in [2.75, 3.05) is 11.4 Å². The second kappa shape index (κ2) is 7.91. The second-order valence-electron chi connectivity index (χ2n) is 7.83. The molecule has 29 heavy (non-hydrogen) atoms. The molecule has 2 atom stereocenters. The van der Waals surface area contributed by atoms with Gasteiger partial charge in [0.25, 0.3) is 0 Å². The number of benzene rings is 2. The summed E-state index contributed by atoms with van der Waals surface area (Å²) >= 11 is 5.96. The molecule has 0 saturated carbocycles. The minimum absolute atomic E-state index is 0.0597. The molecule has 2 aromatic carbocycles. The molecule has 1 aliphatic rings. The van der Waals surface area contributed by atoms with Gasteiger partial charge in [0, 0.05) is 16.2 Å². The van der Waals surface area contributed by atoms with Gasteiger partial charge >= 0.3 is 12.2 Å². The van der Waals surface area contributed by atoms with Crippen LogP contribution in [-0.2, 0) is 4.74 Å². The zero-order valence-corrected chi connectivity index (χ0v) is 17.1. The molecule has 3 rings (SSSR count). The lowest BCUT2D eigenvalue weighted by atomic mass is 9.98. The van der Waals surface area contributed by atoms with Gasteiger partial charge in [-0.2, -0.15) is 0 Å². The van der Waals surface area contributed by atoms with Gasteiger partial charge in [-0.25, -0.2) is 14.0 Å². The van der Waals surface area contributed by atoms with Gasteiger partial charge < -0.3 is 9.84 Å².